The van der Waals surface area contributed by atoms with E-state index >= 15 is 0 Å². The maximum atomic E-state index is 13.6. The first-order chi connectivity index (χ1) is 17.6. The number of hydrogen-bond donors (Lipinski definition) is 1. The molecule has 1 N–H and O–H groups in total. The van der Waals surface area contributed by atoms with Crippen LogP contribution in [0.4, 0.5) is 5.69 Å². The molecule has 4 aliphatic carbocycles. The summed E-state index contributed by atoms with van der Waals surface area (Å²) >= 11 is 0. The van der Waals surface area contributed by atoms with Crippen LogP contribution in [0, 0.1) is 38.7 Å². The molecule has 0 bridgehead atoms. The van der Waals surface area contributed by atoms with Crippen LogP contribution in [0.1, 0.15) is 70.8 Å². The average Bonchev–Trinajstić information content (AvgIpc) is 3.55. The van der Waals surface area contributed by atoms with Gasteiger partial charge in [-0.15, -0.1) is 0 Å². The first-order valence-corrected chi connectivity index (χ1v) is 13.6. The molecule has 0 unspecified atom stereocenters. The minimum Gasteiger partial charge on any atom is -0.393 e. The number of epoxide rings is 1. The highest BCUT2D eigenvalue weighted by molar-refractivity contribution is 6.10. The number of nitro groups is 1. The largest absolute Gasteiger partial charge is 0.393 e. The van der Waals surface area contributed by atoms with Crippen LogP contribution >= 0.6 is 0 Å². The summed E-state index contributed by atoms with van der Waals surface area (Å²) in [6.07, 6.45) is 11.5. The summed E-state index contributed by atoms with van der Waals surface area (Å²) in [6.45, 7) is 4.62. The van der Waals surface area contributed by atoms with Gasteiger partial charge in [-0.2, -0.15) is 0 Å². The Morgan fingerprint density at radius 1 is 1.16 bits per heavy atom. The van der Waals surface area contributed by atoms with E-state index in [9.17, 15) is 24.8 Å². The van der Waals surface area contributed by atoms with Gasteiger partial charge in [0.05, 0.1) is 23.6 Å². The Morgan fingerprint density at radius 3 is 2.65 bits per heavy atom. The number of rotatable bonds is 6. The highest BCUT2D eigenvalue weighted by Crippen LogP contribution is 2.73. The number of carbonyl (C=O) groups is 2. The van der Waals surface area contributed by atoms with Crippen molar-refractivity contribution in [3.05, 3.63) is 57.7 Å². The standard InChI is InChI=1S/C30H35NO6/c1-28-13-11-22(33)15-19(28)6-10-23-24(28)12-14-29(2)25(23)17-27-30(29,37-27)26(34)16-21(32)9-5-18-3-7-20(8-4-18)31(35)36/h3-9,22-25,27,33H,10-17H2,1-2H3/b9-5+/t22-,23+,24-,25-,27+,28-,29-,30+/m0/s1. The minimum absolute atomic E-state index is 0.00631. The van der Waals surface area contributed by atoms with Crippen LogP contribution in [0.15, 0.2) is 42.0 Å². The predicted octanol–water partition coefficient (Wildman–Crippen LogP) is 5.21. The number of nitrogens with zero attached hydrogens (tertiary/aromatic N) is 1. The van der Waals surface area contributed by atoms with Crippen molar-refractivity contribution in [1.82, 2.24) is 0 Å². The second-order valence-corrected chi connectivity index (χ2v) is 12.4. The Hall–Kier alpha value is -2.64. The zero-order valence-corrected chi connectivity index (χ0v) is 21.5. The molecule has 0 amide bonds. The minimum atomic E-state index is -0.840. The highest BCUT2D eigenvalue weighted by Gasteiger charge is 2.79. The van der Waals surface area contributed by atoms with Gasteiger partial charge in [-0.3, -0.25) is 19.7 Å². The van der Waals surface area contributed by atoms with Gasteiger partial charge in [-0.25, -0.2) is 0 Å². The number of fused-ring (bicyclic) bond motifs is 7. The summed E-state index contributed by atoms with van der Waals surface area (Å²) < 4.78 is 6.16. The van der Waals surface area contributed by atoms with Gasteiger partial charge >= 0.3 is 0 Å². The molecule has 1 aromatic carbocycles. The van der Waals surface area contributed by atoms with Gasteiger partial charge in [0.15, 0.2) is 17.2 Å². The maximum Gasteiger partial charge on any atom is 0.269 e. The predicted molar refractivity (Wildman–Crippen MR) is 137 cm³/mol. The molecule has 37 heavy (non-hydrogen) atoms. The van der Waals surface area contributed by atoms with Crippen LogP contribution in [0.2, 0.25) is 0 Å². The van der Waals surface area contributed by atoms with Gasteiger partial charge in [-0.05, 0) is 91.9 Å². The summed E-state index contributed by atoms with van der Waals surface area (Å²) in [5.41, 5.74) is 1.15. The molecule has 3 saturated carbocycles. The van der Waals surface area contributed by atoms with E-state index in [0.717, 1.165) is 44.9 Å². The third-order valence-corrected chi connectivity index (χ3v) is 10.8. The number of non-ortho nitro benzene ring substituents is 1. The lowest BCUT2D eigenvalue weighted by Gasteiger charge is -2.58. The monoisotopic (exact) mass is 505 g/mol. The van der Waals surface area contributed by atoms with Crippen molar-refractivity contribution in [3.63, 3.8) is 0 Å². The van der Waals surface area contributed by atoms with Crippen LogP contribution in [0.25, 0.3) is 6.08 Å². The molecular weight excluding hydrogens is 470 g/mol. The van der Waals surface area contributed by atoms with Gasteiger partial charge in [0.2, 0.25) is 0 Å². The van der Waals surface area contributed by atoms with E-state index in [1.54, 1.807) is 18.2 Å². The zero-order chi connectivity index (χ0) is 26.2. The number of hydrogen-bond acceptors (Lipinski definition) is 6. The second kappa shape index (κ2) is 8.43. The molecule has 7 heteroatoms. The van der Waals surface area contributed by atoms with E-state index in [0.29, 0.717) is 23.3 Å². The number of nitro benzene ring substituents is 1. The van der Waals surface area contributed by atoms with E-state index in [-0.39, 0.29) is 46.7 Å². The van der Waals surface area contributed by atoms with E-state index in [2.05, 4.69) is 19.9 Å². The number of allylic oxidation sites excluding steroid dienone is 2. The molecule has 0 spiro atoms. The van der Waals surface area contributed by atoms with Gasteiger partial charge < -0.3 is 9.84 Å². The number of ketones is 2. The first kappa shape index (κ1) is 24.7. The molecule has 8 atom stereocenters. The molecule has 1 aromatic rings. The molecular formula is C30H35NO6. The molecule has 196 valence electrons. The smallest absolute Gasteiger partial charge is 0.269 e. The van der Waals surface area contributed by atoms with Gasteiger partial charge in [-0.1, -0.05) is 31.6 Å². The summed E-state index contributed by atoms with van der Waals surface area (Å²) in [7, 11) is 0. The van der Waals surface area contributed by atoms with E-state index in [1.165, 1.54) is 23.8 Å². The maximum absolute atomic E-state index is 13.6. The van der Waals surface area contributed by atoms with Crippen molar-refractivity contribution >= 4 is 23.3 Å². The SMILES string of the molecule is C[C@]12CC[C@H](O)CC1=CC[C@@H]1[C@@H]2CC[C@@]2(C)[C@H]1C[C@H]1O[C@]12C(=O)CC(=O)/C=C/c1ccc([N+](=O)[O-])cc1. The Kier molecular flexibility index (Phi) is 5.63. The van der Waals surface area contributed by atoms with Gasteiger partial charge in [0.1, 0.15) is 0 Å². The van der Waals surface area contributed by atoms with E-state index in [4.69, 9.17) is 4.74 Å². The molecule has 6 rings (SSSR count). The zero-order valence-electron chi connectivity index (χ0n) is 21.5. The molecule has 0 radical (unpaired) electrons. The number of benzene rings is 1. The fourth-order valence-corrected chi connectivity index (χ4v) is 8.80. The summed E-state index contributed by atoms with van der Waals surface area (Å²) in [5.74, 6) is 1.13. The number of Topliss-reactive ketones (excluding diaryl/α,β-unsaturated/α-hetero) is 1. The molecule has 1 saturated heterocycles. The van der Waals surface area contributed by atoms with Crippen LogP contribution in [-0.4, -0.2) is 39.4 Å². The lowest BCUT2D eigenvalue weighted by Crippen LogP contribution is -2.54. The fraction of sp³-hybridized carbons (Fsp3) is 0.600. The van der Waals surface area contributed by atoms with Crippen LogP contribution < -0.4 is 0 Å². The fourth-order valence-electron chi connectivity index (χ4n) is 8.80. The second-order valence-electron chi connectivity index (χ2n) is 12.4. The number of aliphatic hydroxyl groups excluding tert-OH is 1. The van der Waals surface area contributed by atoms with Crippen molar-refractivity contribution < 1.29 is 24.4 Å². The Balaban J connectivity index is 1.16. The summed E-state index contributed by atoms with van der Waals surface area (Å²) in [5, 5.41) is 21.1. The first-order valence-electron chi connectivity index (χ1n) is 13.6. The quantitative estimate of drug-likeness (QED) is 0.142. The lowest BCUT2D eigenvalue weighted by atomic mass is 9.47. The van der Waals surface area contributed by atoms with Gasteiger partial charge in [0.25, 0.3) is 5.69 Å². The highest BCUT2D eigenvalue weighted by atomic mass is 16.6. The van der Waals surface area contributed by atoms with E-state index in [1.807, 2.05) is 0 Å². The van der Waals surface area contributed by atoms with Gasteiger partial charge in [0, 0.05) is 17.5 Å². The molecule has 1 aliphatic heterocycles. The summed E-state index contributed by atoms with van der Waals surface area (Å²) in [6, 6.07) is 5.96. The van der Waals surface area contributed by atoms with Crippen molar-refractivity contribution in [2.24, 2.45) is 28.6 Å². The van der Waals surface area contributed by atoms with Crippen molar-refractivity contribution in [2.45, 2.75) is 83.0 Å². The molecule has 0 aromatic heterocycles. The van der Waals surface area contributed by atoms with Crippen LogP contribution in [-0.2, 0) is 14.3 Å². The molecule has 4 fully saturated rings. The van der Waals surface area contributed by atoms with Crippen LogP contribution in [0.3, 0.4) is 0 Å². The molecule has 7 nitrogen and oxygen atoms in total. The Labute approximate surface area is 217 Å². The molecule has 1 heterocycles. The summed E-state index contributed by atoms with van der Waals surface area (Å²) in [4.78, 5) is 36.7. The van der Waals surface area contributed by atoms with Crippen LogP contribution in [0.5, 0.6) is 0 Å². The van der Waals surface area contributed by atoms with E-state index < -0.39 is 10.5 Å². The Bertz CT molecular complexity index is 1220. The third-order valence-electron chi connectivity index (χ3n) is 10.8. The Morgan fingerprint density at radius 2 is 1.92 bits per heavy atom. The van der Waals surface area contributed by atoms with Crippen molar-refractivity contribution in [2.75, 3.05) is 0 Å². The third kappa shape index (κ3) is 3.61. The number of aliphatic hydroxyl groups is 1. The number of ether oxygens (including phenoxy) is 1. The van der Waals surface area contributed by atoms with Crippen molar-refractivity contribution in [3.8, 4) is 0 Å². The lowest BCUT2D eigenvalue weighted by molar-refractivity contribution is -0.384. The average molecular weight is 506 g/mol. The normalized spacial score (nSPS) is 41.7. The topological polar surface area (TPSA) is 110 Å². The molecule has 5 aliphatic rings. The number of carbonyl (C=O) groups excluding carboxylic acids is 2. The van der Waals surface area contributed by atoms with Crippen molar-refractivity contribution in [1.29, 1.82) is 0 Å².